The maximum absolute atomic E-state index is 5.93. The van der Waals surface area contributed by atoms with Gasteiger partial charge in [-0.1, -0.05) is 11.6 Å². The monoisotopic (exact) mass is 282 g/mol. The van der Waals surface area contributed by atoms with Gasteiger partial charge in [-0.15, -0.1) is 11.3 Å². The van der Waals surface area contributed by atoms with Crippen molar-refractivity contribution in [2.45, 2.75) is 6.42 Å². The third kappa shape index (κ3) is 3.11. The van der Waals surface area contributed by atoms with E-state index >= 15 is 0 Å². The van der Waals surface area contributed by atoms with Gasteiger partial charge in [0.25, 0.3) is 0 Å². The molecule has 0 amide bonds. The van der Waals surface area contributed by atoms with Crippen LogP contribution in [-0.4, -0.2) is 36.5 Å². The zero-order valence-electron chi connectivity index (χ0n) is 10.4. The molecule has 0 atom stereocenters. The van der Waals surface area contributed by atoms with Gasteiger partial charge in [0, 0.05) is 32.1 Å². The summed E-state index contributed by atoms with van der Waals surface area (Å²) >= 11 is 7.60. The average Bonchev–Trinajstić information content (AvgIpc) is 2.70. The van der Waals surface area contributed by atoms with E-state index in [9.17, 15) is 0 Å². The van der Waals surface area contributed by atoms with E-state index in [1.807, 2.05) is 32.3 Å². The maximum Gasteiger partial charge on any atom is 0.190 e. The summed E-state index contributed by atoms with van der Waals surface area (Å²) < 4.78 is 1.15. The minimum Gasteiger partial charge on any atom is -0.370 e. The van der Waals surface area contributed by atoms with Gasteiger partial charge >= 0.3 is 0 Å². The highest BCUT2D eigenvalue weighted by atomic mass is 35.5. The molecule has 0 bridgehead atoms. The molecule has 6 heteroatoms. The predicted octanol–water partition coefficient (Wildman–Crippen LogP) is 2.37. The minimum atomic E-state index is 0.541. The number of aromatic nitrogens is 1. The Labute approximate surface area is 115 Å². The molecule has 0 spiro atoms. The molecular weight excluding hydrogens is 268 g/mol. The topological polar surface area (TPSA) is 54.5 Å². The first kappa shape index (κ1) is 13.1. The Hall–Kier alpha value is -1.33. The third-order valence-corrected chi connectivity index (χ3v) is 3.78. The van der Waals surface area contributed by atoms with Crippen LogP contribution in [0.5, 0.6) is 0 Å². The van der Waals surface area contributed by atoms with Crippen molar-refractivity contribution >= 4 is 39.1 Å². The molecule has 0 unspecified atom stereocenters. The first-order valence-electron chi connectivity index (χ1n) is 5.58. The molecule has 1 heterocycles. The number of fused-ring (bicyclic) bond motifs is 1. The van der Waals surface area contributed by atoms with Gasteiger partial charge in [0.15, 0.2) is 5.96 Å². The Morgan fingerprint density at radius 3 is 3.00 bits per heavy atom. The maximum atomic E-state index is 5.93. The van der Waals surface area contributed by atoms with Crippen molar-refractivity contribution in [2.75, 3.05) is 20.6 Å². The van der Waals surface area contributed by atoms with Crippen LogP contribution in [0.3, 0.4) is 0 Å². The zero-order chi connectivity index (χ0) is 13.1. The highest BCUT2D eigenvalue weighted by molar-refractivity contribution is 7.18. The predicted molar refractivity (Wildman–Crippen MR) is 78.5 cm³/mol. The van der Waals surface area contributed by atoms with Gasteiger partial charge in [0.2, 0.25) is 0 Å². The first-order valence-corrected chi connectivity index (χ1v) is 6.78. The smallest absolute Gasteiger partial charge is 0.190 e. The van der Waals surface area contributed by atoms with E-state index in [2.05, 4.69) is 9.98 Å². The fourth-order valence-corrected chi connectivity index (χ4v) is 2.57. The number of nitrogens with zero attached hydrogens (tertiary/aromatic N) is 3. The van der Waals surface area contributed by atoms with Gasteiger partial charge in [0.05, 0.1) is 15.2 Å². The molecule has 2 N–H and O–H groups in total. The van der Waals surface area contributed by atoms with Crippen molar-refractivity contribution in [1.29, 1.82) is 0 Å². The zero-order valence-corrected chi connectivity index (χ0v) is 11.9. The van der Waals surface area contributed by atoms with Crippen molar-refractivity contribution in [1.82, 2.24) is 9.88 Å². The van der Waals surface area contributed by atoms with Crippen LogP contribution in [0.4, 0.5) is 0 Å². The molecule has 0 aliphatic heterocycles. The highest BCUT2D eigenvalue weighted by Gasteiger charge is 2.04. The average molecular weight is 283 g/mol. The van der Waals surface area contributed by atoms with E-state index in [4.69, 9.17) is 17.3 Å². The molecule has 2 rings (SSSR count). The van der Waals surface area contributed by atoms with Gasteiger partial charge in [-0.25, -0.2) is 4.98 Å². The lowest BCUT2D eigenvalue weighted by Gasteiger charge is -2.09. The molecule has 2 aromatic rings. The van der Waals surface area contributed by atoms with Gasteiger partial charge in [-0.05, 0) is 18.2 Å². The Morgan fingerprint density at radius 2 is 2.28 bits per heavy atom. The van der Waals surface area contributed by atoms with Crippen LogP contribution < -0.4 is 5.73 Å². The molecule has 1 aromatic carbocycles. The van der Waals surface area contributed by atoms with Crippen LogP contribution in [0.15, 0.2) is 23.2 Å². The number of rotatable bonds is 3. The Bertz CT molecular complexity index is 576. The molecule has 18 heavy (non-hydrogen) atoms. The van der Waals surface area contributed by atoms with Gasteiger partial charge in [-0.2, -0.15) is 0 Å². The lowest BCUT2D eigenvalue weighted by Crippen LogP contribution is -2.30. The number of halogens is 1. The second-order valence-electron chi connectivity index (χ2n) is 4.10. The van der Waals surface area contributed by atoms with Crippen LogP contribution in [-0.2, 0) is 6.42 Å². The normalized spacial score (nSPS) is 12.1. The SMILES string of the molecule is CN(C)C(N)=NCCc1nc2cc(Cl)ccc2s1. The Balaban J connectivity index is 2.06. The van der Waals surface area contributed by atoms with E-state index in [1.54, 1.807) is 16.2 Å². The number of hydrogen-bond donors (Lipinski definition) is 1. The third-order valence-electron chi connectivity index (χ3n) is 2.45. The van der Waals surface area contributed by atoms with Gasteiger partial charge in [-0.3, -0.25) is 4.99 Å². The summed E-state index contributed by atoms with van der Waals surface area (Å²) in [5.41, 5.74) is 6.67. The van der Waals surface area contributed by atoms with Crippen LogP contribution in [0, 0.1) is 0 Å². The standard InChI is InChI=1S/C12H15ClN4S/c1-17(2)12(14)15-6-5-11-16-9-7-8(13)3-4-10(9)18-11/h3-4,7H,5-6H2,1-2H3,(H2,14,15). The van der Waals surface area contributed by atoms with Crippen molar-refractivity contribution in [3.8, 4) is 0 Å². The van der Waals surface area contributed by atoms with E-state index in [1.165, 1.54) is 0 Å². The molecular formula is C12H15ClN4S. The van der Waals surface area contributed by atoms with Crippen LogP contribution in [0.25, 0.3) is 10.2 Å². The summed E-state index contributed by atoms with van der Waals surface area (Å²) in [5.74, 6) is 0.541. The summed E-state index contributed by atoms with van der Waals surface area (Å²) in [7, 11) is 3.75. The summed E-state index contributed by atoms with van der Waals surface area (Å²) in [6.45, 7) is 0.650. The van der Waals surface area contributed by atoms with E-state index in [0.29, 0.717) is 17.5 Å². The van der Waals surface area contributed by atoms with Crippen molar-refractivity contribution in [3.05, 3.63) is 28.2 Å². The number of thiazole rings is 1. The van der Waals surface area contributed by atoms with Crippen molar-refractivity contribution in [2.24, 2.45) is 10.7 Å². The largest absolute Gasteiger partial charge is 0.370 e. The summed E-state index contributed by atoms with van der Waals surface area (Å²) in [6, 6.07) is 5.76. The summed E-state index contributed by atoms with van der Waals surface area (Å²) in [5, 5.41) is 1.77. The molecule has 0 saturated heterocycles. The number of guanidine groups is 1. The lowest BCUT2D eigenvalue weighted by atomic mass is 10.3. The van der Waals surface area contributed by atoms with Crippen LogP contribution in [0.1, 0.15) is 5.01 Å². The fourth-order valence-electron chi connectivity index (χ4n) is 1.46. The Kier molecular flexibility index (Phi) is 4.04. The number of nitrogens with two attached hydrogens (primary N) is 1. The van der Waals surface area contributed by atoms with E-state index in [0.717, 1.165) is 21.6 Å². The lowest BCUT2D eigenvalue weighted by molar-refractivity contribution is 0.609. The van der Waals surface area contributed by atoms with Gasteiger partial charge < -0.3 is 10.6 Å². The Morgan fingerprint density at radius 1 is 1.50 bits per heavy atom. The van der Waals surface area contributed by atoms with Crippen molar-refractivity contribution < 1.29 is 0 Å². The number of aliphatic imine (C=N–C) groups is 1. The van der Waals surface area contributed by atoms with Crippen LogP contribution in [0.2, 0.25) is 5.02 Å². The van der Waals surface area contributed by atoms with Crippen molar-refractivity contribution in [3.63, 3.8) is 0 Å². The quantitative estimate of drug-likeness (QED) is 0.695. The molecule has 0 aliphatic carbocycles. The van der Waals surface area contributed by atoms with E-state index < -0.39 is 0 Å². The first-order chi connectivity index (χ1) is 8.56. The highest BCUT2D eigenvalue weighted by Crippen LogP contribution is 2.25. The molecule has 0 fully saturated rings. The second kappa shape index (κ2) is 5.54. The summed E-state index contributed by atoms with van der Waals surface area (Å²) in [4.78, 5) is 10.6. The summed E-state index contributed by atoms with van der Waals surface area (Å²) in [6.07, 6.45) is 0.797. The molecule has 4 nitrogen and oxygen atoms in total. The number of benzene rings is 1. The van der Waals surface area contributed by atoms with Gasteiger partial charge in [0.1, 0.15) is 0 Å². The molecule has 1 aromatic heterocycles. The molecule has 0 saturated carbocycles. The molecule has 0 aliphatic rings. The van der Waals surface area contributed by atoms with Crippen LogP contribution >= 0.6 is 22.9 Å². The molecule has 0 radical (unpaired) electrons. The fraction of sp³-hybridized carbons (Fsp3) is 0.333. The second-order valence-corrected chi connectivity index (χ2v) is 5.66. The molecule has 96 valence electrons. The number of hydrogen-bond acceptors (Lipinski definition) is 3. The minimum absolute atomic E-state index is 0.541. The van der Waals surface area contributed by atoms with E-state index in [-0.39, 0.29) is 0 Å².